The standard InChI is InChI=1S/C11H17NO2S/c1-8(2)9(3)10-5-6-12-11(7-10)15(4,13)14/h5-9H,1-4H3. The summed E-state index contributed by atoms with van der Waals surface area (Å²) in [5, 5.41) is 0.160. The Balaban J connectivity index is 3.14. The Hall–Kier alpha value is -0.900. The average molecular weight is 227 g/mol. The van der Waals surface area contributed by atoms with E-state index in [0.29, 0.717) is 11.8 Å². The number of hydrogen-bond acceptors (Lipinski definition) is 3. The first-order chi connectivity index (χ1) is 6.82. The van der Waals surface area contributed by atoms with Crippen molar-refractivity contribution >= 4 is 9.84 Å². The molecule has 4 heteroatoms. The molecule has 0 aliphatic rings. The topological polar surface area (TPSA) is 47.0 Å². The van der Waals surface area contributed by atoms with Crippen LogP contribution in [0.2, 0.25) is 0 Å². The summed E-state index contributed by atoms with van der Waals surface area (Å²) in [7, 11) is -3.20. The molecule has 0 spiro atoms. The van der Waals surface area contributed by atoms with E-state index in [2.05, 4.69) is 25.8 Å². The van der Waals surface area contributed by atoms with Crippen molar-refractivity contribution in [2.24, 2.45) is 5.92 Å². The number of rotatable bonds is 3. The monoisotopic (exact) mass is 227 g/mol. The first-order valence-electron chi connectivity index (χ1n) is 4.98. The molecule has 0 aliphatic heterocycles. The second kappa shape index (κ2) is 4.31. The summed E-state index contributed by atoms with van der Waals surface area (Å²) >= 11 is 0. The van der Waals surface area contributed by atoms with Crippen molar-refractivity contribution in [2.75, 3.05) is 6.26 Å². The third-order valence-corrected chi connectivity index (χ3v) is 3.65. The van der Waals surface area contributed by atoms with Gasteiger partial charge in [-0.15, -0.1) is 0 Å². The van der Waals surface area contributed by atoms with Crippen molar-refractivity contribution in [3.05, 3.63) is 23.9 Å². The molecule has 1 heterocycles. The largest absolute Gasteiger partial charge is 0.245 e. The Morgan fingerprint density at radius 1 is 1.27 bits per heavy atom. The minimum Gasteiger partial charge on any atom is -0.245 e. The lowest BCUT2D eigenvalue weighted by molar-refractivity contribution is 0.532. The second-order valence-electron chi connectivity index (χ2n) is 4.23. The summed E-state index contributed by atoms with van der Waals surface area (Å²) in [5.74, 6) is 0.827. The molecule has 0 fully saturated rings. The van der Waals surface area contributed by atoms with Crippen molar-refractivity contribution in [3.63, 3.8) is 0 Å². The molecular formula is C11H17NO2S. The third-order valence-electron chi connectivity index (χ3n) is 2.66. The lowest BCUT2D eigenvalue weighted by Gasteiger charge is -2.15. The van der Waals surface area contributed by atoms with E-state index in [9.17, 15) is 8.42 Å². The molecule has 1 aromatic rings. The van der Waals surface area contributed by atoms with Crippen LogP contribution in [0.5, 0.6) is 0 Å². The molecule has 0 N–H and O–H groups in total. The minimum atomic E-state index is -3.20. The molecular weight excluding hydrogens is 210 g/mol. The van der Waals surface area contributed by atoms with Crippen LogP contribution in [0.15, 0.2) is 23.4 Å². The zero-order valence-corrected chi connectivity index (χ0v) is 10.4. The molecule has 1 atom stereocenters. The second-order valence-corrected chi connectivity index (χ2v) is 6.19. The van der Waals surface area contributed by atoms with Crippen LogP contribution in [-0.4, -0.2) is 19.7 Å². The highest BCUT2D eigenvalue weighted by Crippen LogP contribution is 2.24. The highest BCUT2D eigenvalue weighted by atomic mass is 32.2. The number of hydrogen-bond donors (Lipinski definition) is 0. The van der Waals surface area contributed by atoms with Gasteiger partial charge in [0, 0.05) is 12.5 Å². The Morgan fingerprint density at radius 2 is 1.87 bits per heavy atom. The Bertz CT molecular complexity index is 438. The van der Waals surface area contributed by atoms with Gasteiger partial charge in [0.25, 0.3) is 0 Å². The van der Waals surface area contributed by atoms with Gasteiger partial charge in [-0.2, -0.15) is 0 Å². The zero-order valence-electron chi connectivity index (χ0n) is 9.56. The van der Waals surface area contributed by atoms with Crippen LogP contribution in [0.1, 0.15) is 32.3 Å². The van der Waals surface area contributed by atoms with E-state index in [1.54, 1.807) is 12.3 Å². The molecule has 3 nitrogen and oxygen atoms in total. The van der Waals surface area contributed by atoms with Gasteiger partial charge in [-0.1, -0.05) is 20.8 Å². The van der Waals surface area contributed by atoms with Gasteiger partial charge in [-0.3, -0.25) is 0 Å². The fourth-order valence-electron chi connectivity index (χ4n) is 1.30. The van der Waals surface area contributed by atoms with Gasteiger partial charge in [0.2, 0.25) is 0 Å². The van der Waals surface area contributed by atoms with Crippen LogP contribution in [0.3, 0.4) is 0 Å². The minimum absolute atomic E-state index is 0.160. The Kier molecular flexibility index (Phi) is 3.50. The number of nitrogens with zero attached hydrogens (tertiary/aromatic N) is 1. The number of aromatic nitrogens is 1. The molecule has 0 aliphatic carbocycles. The molecule has 0 saturated carbocycles. The van der Waals surface area contributed by atoms with E-state index in [4.69, 9.17) is 0 Å². The van der Waals surface area contributed by atoms with Crippen LogP contribution < -0.4 is 0 Å². The van der Waals surface area contributed by atoms with Crippen LogP contribution in [0.25, 0.3) is 0 Å². The molecule has 1 rings (SSSR count). The first-order valence-corrected chi connectivity index (χ1v) is 6.87. The molecule has 0 saturated heterocycles. The lowest BCUT2D eigenvalue weighted by atomic mass is 9.91. The molecule has 84 valence electrons. The van der Waals surface area contributed by atoms with Gasteiger partial charge < -0.3 is 0 Å². The van der Waals surface area contributed by atoms with E-state index >= 15 is 0 Å². The number of pyridine rings is 1. The van der Waals surface area contributed by atoms with Gasteiger partial charge in [-0.25, -0.2) is 13.4 Å². The Morgan fingerprint density at radius 3 is 2.33 bits per heavy atom. The molecule has 15 heavy (non-hydrogen) atoms. The summed E-state index contributed by atoms with van der Waals surface area (Å²) in [5.41, 5.74) is 1.03. The summed E-state index contributed by atoms with van der Waals surface area (Å²) in [6, 6.07) is 3.54. The molecule has 0 bridgehead atoms. The summed E-state index contributed by atoms with van der Waals surface area (Å²) in [4.78, 5) is 3.86. The van der Waals surface area contributed by atoms with Gasteiger partial charge in [0.15, 0.2) is 14.9 Å². The molecule has 0 radical (unpaired) electrons. The fraction of sp³-hybridized carbons (Fsp3) is 0.545. The van der Waals surface area contributed by atoms with Crippen molar-refractivity contribution < 1.29 is 8.42 Å². The van der Waals surface area contributed by atoms with Gasteiger partial charge in [-0.05, 0) is 29.5 Å². The van der Waals surface area contributed by atoms with Crippen LogP contribution in [-0.2, 0) is 9.84 Å². The fourth-order valence-corrected chi connectivity index (χ4v) is 1.90. The highest BCUT2D eigenvalue weighted by molar-refractivity contribution is 7.90. The molecule has 1 aromatic heterocycles. The van der Waals surface area contributed by atoms with Gasteiger partial charge in [0.05, 0.1) is 0 Å². The predicted molar refractivity (Wildman–Crippen MR) is 60.6 cm³/mol. The Labute approximate surface area is 91.5 Å². The van der Waals surface area contributed by atoms with Crippen LogP contribution >= 0.6 is 0 Å². The quantitative estimate of drug-likeness (QED) is 0.795. The summed E-state index contributed by atoms with van der Waals surface area (Å²) in [6.45, 7) is 6.32. The van der Waals surface area contributed by atoms with E-state index in [-0.39, 0.29) is 5.03 Å². The molecule has 1 unspecified atom stereocenters. The van der Waals surface area contributed by atoms with Crippen LogP contribution in [0.4, 0.5) is 0 Å². The van der Waals surface area contributed by atoms with Gasteiger partial charge >= 0.3 is 0 Å². The maximum atomic E-state index is 11.3. The number of sulfone groups is 1. The van der Waals surface area contributed by atoms with Crippen LogP contribution in [0, 0.1) is 5.92 Å². The maximum Gasteiger partial charge on any atom is 0.192 e. The van der Waals surface area contributed by atoms with Crippen molar-refractivity contribution in [1.82, 2.24) is 4.98 Å². The smallest absolute Gasteiger partial charge is 0.192 e. The maximum absolute atomic E-state index is 11.3. The lowest BCUT2D eigenvalue weighted by Crippen LogP contribution is -2.06. The van der Waals surface area contributed by atoms with Crippen molar-refractivity contribution in [3.8, 4) is 0 Å². The van der Waals surface area contributed by atoms with E-state index in [1.807, 2.05) is 6.07 Å². The highest BCUT2D eigenvalue weighted by Gasteiger charge is 2.14. The SMILES string of the molecule is CC(C)C(C)c1ccnc(S(C)(=O)=O)c1. The van der Waals surface area contributed by atoms with Gasteiger partial charge in [0.1, 0.15) is 0 Å². The van der Waals surface area contributed by atoms with Crippen molar-refractivity contribution in [2.45, 2.75) is 31.7 Å². The first kappa shape index (κ1) is 12.2. The zero-order chi connectivity index (χ0) is 11.6. The third kappa shape index (κ3) is 3.02. The van der Waals surface area contributed by atoms with Crippen molar-refractivity contribution in [1.29, 1.82) is 0 Å². The summed E-state index contributed by atoms with van der Waals surface area (Å²) < 4.78 is 22.6. The molecule has 0 aromatic carbocycles. The van der Waals surface area contributed by atoms with E-state index < -0.39 is 9.84 Å². The van der Waals surface area contributed by atoms with E-state index in [1.165, 1.54) is 6.26 Å². The normalized spacial score (nSPS) is 14.2. The summed E-state index contributed by atoms with van der Waals surface area (Å²) in [6.07, 6.45) is 2.74. The molecule has 0 amide bonds. The predicted octanol–water partition coefficient (Wildman–Crippen LogP) is 2.24. The average Bonchev–Trinajstić information content (AvgIpc) is 2.15. The van der Waals surface area contributed by atoms with E-state index in [0.717, 1.165) is 5.56 Å².